The van der Waals surface area contributed by atoms with Crippen LogP contribution in [0.4, 0.5) is 5.82 Å². The van der Waals surface area contributed by atoms with Crippen molar-refractivity contribution in [2.45, 2.75) is 13.8 Å². The van der Waals surface area contributed by atoms with Crippen LogP contribution in [0.1, 0.15) is 24.2 Å². The predicted molar refractivity (Wildman–Crippen MR) is 69.7 cm³/mol. The van der Waals surface area contributed by atoms with Crippen molar-refractivity contribution in [3.05, 3.63) is 29.8 Å². The van der Waals surface area contributed by atoms with Gasteiger partial charge in [0.05, 0.1) is 11.1 Å². The van der Waals surface area contributed by atoms with Gasteiger partial charge in [0, 0.05) is 12.4 Å². The fraction of sp³-hybridized carbons (Fsp3) is 0.286. The van der Waals surface area contributed by atoms with Gasteiger partial charge in [0.25, 0.3) is 0 Å². The summed E-state index contributed by atoms with van der Waals surface area (Å²) in [6.07, 6.45) is 0. The van der Waals surface area contributed by atoms with E-state index in [4.69, 9.17) is 0 Å². The number of hydrogen-bond acceptors (Lipinski definition) is 2. The SMILES string of the molecule is Cn1c2c(c3ccccc31)C(=O)C(C)(C)C(=O)N2. The van der Waals surface area contributed by atoms with Gasteiger partial charge in [-0.3, -0.25) is 9.59 Å². The average Bonchev–Trinajstić information content (AvgIpc) is 2.62. The van der Waals surface area contributed by atoms with Crippen LogP contribution < -0.4 is 5.32 Å². The average molecular weight is 242 g/mol. The first-order chi connectivity index (χ1) is 8.44. The molecule has 1 aromatic heterocycles. The van der Waals surface area contributed by atoms with Crippen molar-refractivity contribution in [2.75, 3.05) is 5.32 Å². The van der Waals surface area contributed by atoms with E-state index < -0.39 is 5.41 Å². The summed E-state index contributed by atoms with van der Waals surface area (Å²) in [5.41, 5.74) is 0.573. The molecule has 0 saturated heterocycles. The Balaban J connectivity index is 2.42. The molecule has 0 aliphatic carbocycles. The van der Waals surface area contributed by atoms with Crippen molar-refractivity contribution in [3.63, 3.8) is 0 Å². The van der Waals surface area contributed by atoms with Gasteiger partial charge in [-0.05, 0) is 19.9 Å². The number of benzene rings is 1. The van der Waals surface area contributed by atoms with Crippen LogP contribution in [0.15, 0.2) is 24.3 Å². The highest BCUT2D eigenvalue weighted by molar-refractivity contribution is 6.28. The van der Waals surface area contributed by atoms with Crippen LogP contribution in [-0.2, 0) is 11.8 Å². The van der Waals surface area contributed by atoms with Crippen LogP contribution in [0.5, 0.6) is 0 Å². The van der Waals surface area contributed by atoms with Crippen molar-refractivity contribution in [1.29, 1.82) is 0 Å². The number of amides is 1. The zero-order valence-electron chi connectivity index (χ0n) is 10.6. The molecule has 0 bridgehead atoms. The Bertz CT molecular complexity index is 695. The van der Waals surface area contributed by atoms with Crippen LogP contribution in [-0.4, -0.2) is 16.3 Å². The van der Waals surface area contributed by atoms with Crippen LogP contribution in [0.25, 0.3) is 10.9 Å². The number of rotatable bonds is 0. The summed E-state index contributed by atoms with van der Waals surface area (Å²) in [6.45, 7) is 3.32. The molecule has 0 unspecified atom stereocenters. The summed E-state index contributed by atoms with van der Waals surface area (Å²) in [7, 11) is 1.85. The van der Waals surface area contributed by atoms with E-state index in [-0.39, 0.29) is 11.7 Å². The predicted octanol–water partition coefficient (Wildman–Crippen LogP) is 2.34. The lowest BCUT2D eigenvalue weighted by atomic mass is 9.80. The van der Waals surface area contributed by atoms with E-state index in [1.807, 2.05) is 35.9 Å². The molecular weight excluding hydrogens is 228 g/mol. The number of aryl methyl sites for hydroxylation is 1. The second kappa shape index (κ2) is 3.22. The van der Waals surface area contributed by atoms with Gasteiger partial charge in [0.1, 0.15) is 11.2 Å². The minimum absolute atomic E-state index is 0.113. The van der Waals surface area contributed by atoms with E-state index in [0.717, 1.165) is 10.9 Å². The number of nitrogens with zero attached hydrogens (tertiary/aromatic N) is 1. The van der Waals surface area contributed by atoms with Crippen LogP contribution >= 0.6 is 0 Å². The number of carbonyl (C=O) groups excluding carboxylic acids is 2. The first kappa shape index (κ1) is 11.0. The molecule has 4 heteroatoms. The Morgan fingerprint density at radius 1 is 1.17 bits per heavy atom. The Labute approximate surface area is 105 Å². The fourth-order valence-electron chi connectivity index (χ4n) is 2.45. The summed E-state index contributed by atoms with van der Waals surface area (Å²) in [6, 6.07) is 7.68. The summed E-state index contributed by atoms with van der Waals surface area (Å²) >= 11 is 0. The van der Waals surface area contributed by atoms with E-state index in [1.54, 1.807) is 13.8 Å². The van der Waals surface area contributed by atoms with Crippen molar-refractivity contribution in [2.24, 2.45) is 12.5 Å². The molecule has 0 radical (unpaired) electrons. The van der Waals surface area contributed by atoms with Gasteiger partial charge >= 0.3 is 0 Å². The third-order valence-electron chi connectivity index (χ3n) is 3.70. The topological polar surface area (TPSA) is 51.1 Å². The monoisotopic (exact) mass is 242 g/mol. The number of anilines is 1. The highest BCUT2D eigenvalue weighted by atomic mass is 16.2. The second-order valence-corrected chi connectivity index (χ2v) is 5.21. The Morgan fingerprint density at radius 3 is 2.56 bits per heavy atom. The summed E-state index contributed by atoms with van der Waals surface area (Å²) in [5.74, 6) is 0.245. The molecular formula is C14H14N2O2. The number of aromatic nitrogens is 1. The lowest BCUT2D eigenvalue weighted by Gasteiger charge is -2.27. The number of hydrogen-bond donors (Lipinski definition) is 1. The molecule has 1 aliphatic rings. The number of para-hydroxylation sites is 1. The smallest absolute Gasteiger partial charge is 0.239 e. The Hall–Kier alpha value is -2.10. The first-order valence-corrected chi connectivity index (χ1v) is 5.88. The Kier molecular flexibility index (Phi) is 1.97. The maximum Gasteiger partial charge on any atom is 0.239 e. The zero-order valence-corrected chi connectivity index (χ0v) is 10.6. The van der Waals surface area contributed by atoms with Gasteiger partial charge in [-0.15, -0.1) is 0 Å². The molecule has 0 atom stereocenters. The maximum absolute atomic E-state index is 12.5. The van der Waals surface area contributed by atoms with Crippen molar-refractivity contribution >= 4 is 28.4 Å². The molecule has 1 amide bonds. The molecule has 1 aromatic carbocycles. The normalized spacial score (nSPS) is 17.7. The second-order valence-electron chi connectivity index (χ2n) is 5.21. The molecule has 92 valence electrons. The Morgan fingerprint density at radius 2 is 1.83 bits per heavy atom. The molecule has 3 rings (SSSR count). The number of ketones is 1. The summed E-state index contributed by atoms with van der Waals surface area (Å²) in [4.78, 5) is 24.5. The van der Waals surface area contributed by atoms with E-state index >= 15 is 0 Å². The number of nitrogens with one attached hydrogen (secondary N) is 1. The van der Waals surface area contributed by atoms with Crippen LogP contribution in [0, 0.1) is 5.41 Å². The fourth-order valence-corrected chi connectivity index (χ4v) is 2.45. The third-order valence-corrected chi connectivity index (χ3v) is 3.70. The summed E-state index contributed by atoms with van der Waals surface area (Å²) in [5, 5.41) is 3.74. The van der Waals surface area contributed by atoms with Gasteiger partial charge in [0.15, 0.2) is 5.78 Å². The van der Waals surface area contributed by atoms with E-state index in [2.05, 4.69) is 5.32 Å². The van der Waals surface area contributed by atoms with Gasteiger partial charge in [-0.25, -0.2) is 0 Å². The molecule has 2 heterocycles. The molecule has 4 nitrogen and oxygen atoms in total. The molecule has 0 fully saturated rings. The molecule has 0 saturated carbocycles. The molecule has 1 N–H and O–H groups in total. The zero-order chi connectivity index (χ0) is 13.1. The minimum Gasteiger partial charge on any atom is -0.330 e. The maximum atomic E-state index is 12.5. The lowest BCUT2D eigenvalue weighted by molar-refractivity contribution is -0.122. The van der Waals surface area contributed by atoms with Gasteiger partial charge in [-0.2, -0.15) is 0 Å². The lowest BCUT2D eigenvalue weighted by Crippen LogP contribution is -2.42. The molecule has 0 spiro atoms. The third kappa shape index (κ3) is 1.15. The number of carbonyl (C=O) groups is 2. The molecule has 18 heavy (non-hydrogen) atoms. The number of fused-ring (bicyclic) bond motifs is 3. The van der Waals surface area contributed by atoms with Gasteiger partial charge in [0.2, 0.25) is 5.91 Å². The van der Waals surface area contributed by atoms with E-state index in [1.165, 1.54) is 0 Å². The van der Waals surface area contributed by atoms with Crippen LogP contribution in [0.2, 0.25) is 0 Å². The standard InChI is InChI=1S/C14H14N2O2/c1-14(2)11(17)10-8-6-4-5-7-9(8)16(3)12(10)15-13(14)18/h4-7H,1-3H3,(H,15,18). The quantitative estimate of drug-likeness (QED) is 0.721. The summed E-state index contributed by atoms with van der Waals surface area (Å²) < 4.78 is 1.86. The molecule has 2 aromatic rings. The van der Waals surface area contributed by atoms with Crippen molar-refractivity contribution in [3.8, 4) is 0 Å². The van der Waals surface area contributed by atoms with E-state index in [0.29, 0.717) is 11.4 Å². The minimum atomic E-state index is -1.00. The highest BCUT2D eigenvalue weighted by Gasteiger charge is 2.44. The molecule has 1 aliphatic heterocycles. The number of Topliss-reactive ketones (excluding diaryl/α,β-unsaturated/α-hetero) is 1. The van der Waals surface area contributed by atoms with Crippen molar-refractivity contribution in [1.82, 2.24) is 4.57 Å². The van der Waals surface area contributed by atoms with Crippen molar-refractivity contribution < 1.29 is 9.59 Å². The van der Waals surface area contributed by atoms with Gasteiger partial charge < -0.3 is 9.88 Å². The van der Waals surface area contributed by atoms with Gasteiger partial charge in [-0.1, -0.05) is 18.2 Å². The largest absolute Gasteiger partial charge is 0.330 e. The van der Waals surface area contributed by atoms with E-state index in [9.17, 15) is 9.59 Å². The van der Waals surface area contributed by atoms with Crippen LogP contribution in [0.3, 0.4) is 0 Å². The first-order valence-electron chi connectivity index (χ1n) is 5.88. The highest BCUT2D eigenvalue weighted by Crippen LogP contribution is 2.38.